The Balaban J connectivity index is 2.10. The lowest BCUT2D eigenvalue weighted by molar-refractivity contribution is 0.374. The van der Waals surface area contributed by atoms with Crippen LogP contribution in [-0.4, -0.2) is 5.16 Å². The Morgan fingerprint density at radius 2 is 2.31 bits per heavy atom. The first-order valence-electron chi connectivity index (χ1n) is 4.05. The van der Waals surface area contributed by atoms with Crippen LogP contribution >= 0.6 is 0 Å². The van der Waals surface area contributed by atoms with E-state index in [2.05, 4.69) is 5.16 Å². The summed E-state index contributed by atoms with van der Waals surface area (Å²) in [5, 5.41) is 3.77. The second-order valence-corrected chi connectivity index (χ2v) is 2.74. The molecule has 0 atom stereocenters. The topological polar surface area (TPSA) is 65.2 Å². The molecular weight excluding hydrogens is 168 g/mol. The van der Waals surface area contributed by atoms with Crippen molar-refractivity contribution >= 4 is 0 Å². The lowest BCUT2D eigenvalue weighted by Crippen LogP contribution is -1.95. The predicted molar refractivity (Wildman–Crippen MR) is 45.9 cm³/mol. The van der Waals surface area contributed by atoms with Gasteiger partial charge < -0.3 is 14.7 Å². The van der Waals surface area contributed by atoms with Crippen molar-refractivity contribution in [3.63, 3.8) is 0 Å². The van der Waals surface area contributed by atoms with Crippen molar-refractivity contribution in [3.05, 3.63) is 41.7 Å². The highest BCUT2D eigenvalue weighted by atomic mass is 16.5. The van der Waals surface area contributed by atoms with Gasteiger partial charge in [0.05, 0.1) is 18.4 Å². The molecule has 2 rings (SSSR count). The molecule has 2 N–H and O–H groups in total. The number of aromatic nitrogens is 1. The molecule has 4 heteroatoms. The van der Waals surface area contributed by atoms with Gasteiger partial charge in [-0.3, -0.25) is 0 Å². The van der Waals surface area contributed by atoms with E-state index in [9.17, 15) is 0 Å². The molecule has 0 aliphatic heterocycles. The number of furan rings is 1. The number of hydrogen-bond acceptors (Lipinski definition) is 4. The summed E-state index contributed by atoms with van der Waals surface area (Å²) in [5.41, 5.74) is 6.16. The SMILES string of the molecule is NCc1cc(Cc2ccco2)on1. The Hall–Kier alpha value is -1.55. The van der Waals surface area contributed by atoms with Gasteiger partial charge >= 0.3 is 0 Å². The highest BCUT2D eigenvalue weighted by Crippen LogP contribution is 2.10. The van der Waals surface area contributed by atoms with E-state index in [-0.39, 0.29) is 0 Å². The molecule has 68 valence electrons. The molecule has 0 amide bonds. The maximum Gasteiger partial charge on any atom is 0.144 e. The Labute approximate surface area is 75.3 Å². The van der Waals surface area contributed by atoms with Gasteiger partial charge in [0.15, 0.2) is 0 Å². The molecule has 0 saturated carbocycles. The quantitative estimate of drug-likeness (QED) is 0.769. The van der Waals surface area contributed by atoms with Crippen molar-refractivity contribution in [2.45, 2.75) is 13.0 Å². The summed E-state index contributed by atoms with van der Waals surface area (Å²) < 4.78 is 10.2. The molecule has 0 radical (unpaired) electrons. The Bertz CT molecular complexity index is 365. The van der Waals surface area contributed by atoms with E-state index < -0.39 is 0 Å². The van der Waals surface area contributed by atoms with Crippen LogP contribution in [0, 0.1) is 0 Å². The monoisotopic (exact) mass is 178 g/mol. The van der Waals surface area contributed by atoms with Crippen molar-refractivity contribution in [1.82, 2.24) is 5.16 Å². The molecule has 0 saturated heterocycles. The van der Waals surface area contributed by atoms with Crippen molar-refractivity contribution < 1.29 is 8.94 Å². The molecular formula is C9H10N2O2. The number of rotatable bonds is 3. The summed E-state index contributed by atoms with van der Waals surface area (Å²) in [6.07, 6.45) is 2.26. The van der Waals surface area contributed by atoms with Crippen LogP contribution in [0.25, 0.3) is 0 Å². The third kappa shape index (κ3) is 1.78. The van der Waals surface area contributed by atoms with E-state index in [1.165, 1.54) is 0 Å². The minimum absolute atomic E-state index is 0.404. The Morgan fingerprint density at radius 1 is 1.38 bits per heavy atom. The van der Waals surface area contributed by atoms with Gasteiger partial charge in [0.1, 0.15) is 11.5 Å². The zero-order valence-corrected chi connectivity index (χ0v) is 7.06. The normalized spacial score (nSPS) is 10.5. The van der Waals surface area contributed by atoms with Gasteiger partial charge in [-0.25, -0.2) is 0 Å². The standard InChI is InChI=1S/C9H10N2O2/c10-6-7-4-9(13-11-7)5-8-2-1-3-12-8/h1-4H,5-6,10H2. The summed E-state index contributed by atoms with van der Waals surface area (Å²) in [4.78, 5) is 0. The third-order valence-electron chi connectivity index (χ3n) is 1.75. The highest BCUT2D eigenvalue weighted by Gasteiger charge is 2.04. The van der Waals surface area contributed by atoms with Crippen LogP contribution in [0.15, 0.2) is 33.4 Å². The average Bonchev–Trinajstić information content (AvgIpc) is 2.76. The largest absolute Gasteiger partial charge is 0.469 e. The van der Waals surface area contributed by atoms with Gasteiger partial charge in [-0.1, -0.05) is 5.16 Å². The van der Waals surface area contributed by atoms with E-state index in [4.69, 9.17) is 14.7 Å². The van der Waals surface area contributed by atoms with Crippen LogP contribution in [0.3, 0.4) is 0 Å². The fraction of sp³-hybridized carbons (Fsp3) is 0.222. The molecule has 4 nitrogen and oxygen atoms in total. The van der Waals surface area contributed by atoms with Gasteiger partial charge in [0.25, 0.3) is 0 Å². The molecule has 0 unspecified atom stereocenters. The minimum Gasteiger partial charge on any atom is -0.469 e. The van der Waals surface area contributed by atoms with E-state index in [0.29, 0.717) is 13.0 Å². The van der Waals surface area contributed by atoms with E-state index in [1.807, 2.05) is 18.2 Å². The smallest absolute Gasteiger partial charge is 0.144 e. The zero-order chi connectivity index (χ0) is 9.10. The molecule has 0 aliphatic rings. The van der Waals surface area contributed by atoms with Crippen LogP contribution in [0.1, 0.15) is 17.2 Å². The molecule has 0 fully saturated rings. The van der Waals surface area contributed by atoms with Gasteiger partial charge in [-0.05, 0) is 12.1 Å². The minimum atomic E-state index is 0.404. The van der Waals surface area contributed by atoms with Gasteiger partial charge in [-0.15, -0.1) is 0 Å². The summed E-state index contributed by atoms with van der Waals surface area (Å²) in [6.45, 7) is 0.404. The highest BCUT2D eigenvalue weighted by molar-refractivity contribution is 5.12. The number of nitrogens with two attached hydrogens (primary N) is 1. The summed E-state index contributed by atoms with van der Waals surface area (Å²) in [5.74, 6) is 1.63. The van der Waals surface area contributed by atoms with Gasteiger partial charge in [0, 0.05) is 12.6 Å². The van der Waals surface area contributed by atoms with Gasteiger partial charge in [-0.2, -0.15) is 0 Å². The maximum atomic E-state index is 5.39. The first kappa shape index (κ1) is 8.07. The molecule has 0 bridgehead atoms. The maximum absolute atomic E-state index is 5.39. The van der Waals surface area contributed by atoms with Crippen LogP contribution in [0.2, 0.25) is 0 Å². The van der Waals surface area contributed by atoms with E-state index in [1.54, 1.807) is 6.26 Å². The fourth-order valence-corrected chi connectivity index (χ4v) is 1.12. The van der Waals surface area contributed by atoms with Gasteiger partial charge in [0.2, 0.25) is 0 Å². The first-order chi connectivity index (χ1) is 6.38. The van der Waals surface area contributed by atoms with Crippen molar-refractivity contribution in [2.24, 2.45) is 5.73 Å². The molecule has 0 aromatic carbocycles. The Morgan fingerprint density at radius 3 is 2.92 bits per heavy atom. The fourth-order valence-electron chi connectivity index (χ4n) is 1.12. The lowest BCUT2D eigenvalue weighted by Gasteiger charge is -1.88. The van der Waals surface area contributed by atoms with Crippen LogP contribution in [-0.2, 0) is 13.0 Å². The average molecular weight is 178 g/mol. The Kier molecular flexibility index (Phi) is 2.14. The first-order valence-corrected chi connectivity index (χ1v) is 4.05. The summed E-state index contributed by atoms with van der Waals surface area (Å²) in [6, 6.07) is 5.57. The van der Waals surface area contributed by atoms with Crippen molar-refractivity contribution in [1.29, 1.82) is 0 Å². The van der Waals surface area contributed by atoms with E-state index >= 15 is 0 Å². The molecule has 2 heterocycles. The predicted octanol–water partition coefficient (Wildman–Crippen LogP) is 1.32. The third-order valence-corrected chi connectivity index (χ3v) is 1.75. The van der Waals surface area contributed by atoms with Crippen molar-refractivity contribution in [2.75, 3.05) is 0 Å². The summed E-state index contributed by atoms with van der Waals surface area (Å²) >= 11 is 0. The molecule has 13 heavy (non-hydrogen) atoms. The second-order valence-electron chi connectivity index (χ2n) is 2.74. The zero-order valence-electron chi connectivity index (χ0n) is 7.06. The second kappa shape index (κ2) is 3.45. The molecule has 2 aromatic heterocycles. The van der Waals surface area contributed by atoms with Crippen LogP contribution < -0.4 is 5.73 Å². The number of hydrogen-bond donors (Lipinski definition) is 1. The van der Waals surface area contributed by atoms with Crippen LogP contribution in [0.5, 0.6) is 0 Å². The number of nitrogens with zero attached hydrogens (tertiary/aromatic N) is 1. The lowest BCUT2D eigenvalue weighted by atomic mass is 10.2. The molecule has 2 aromatic rings. The van der Waals surface area contributed by atoms with Crippen LogP contribution in [0.4, 0.5) is 0 Å². The summed E-state index contributed by atoms with van der Waals surface area (Å²) in [7, 11) is 0. The molecule has 0 spiro atoms. The van der Waals surface area contributed by atoms with E-state index in [0.717, 1.165) is 17.2 Å². The molecule has 0 aliphatic carbocycles. The van der Waals surface area contributed by atoms with Crippen molar-refractivity contribution in [3.8, 4) is 0 Å².